The van der Waals surface area contributed by atoms with Crippen LogP contribution in [-0.4, -0.2) is 11.7 Å². The first-order valence-electron chi connectivity index (χ1n) is 7.64. The lowest BCUT2D eigenvalue weighted by Crippen LogP contribution is -2.28. The Morgan fingerprint density at radius 2 is 1.87 bits per heavy atom. The van der Waals surface area contributed by atoms with Crippen molar-refractivity contribution in [2.24, 2.45) is 0 Å². The lowest BCUT2D eigenvalue weighted by molar-refractivity contribution is -0.119. The zero-order valence-corrected chi connectivity index (χ0v) is 16.1. The van der Waals surface area contributed by atoms with Crippen LogP contribution in [0.1, 0.15) is 35.2 Å². The number of carbonyl (C=O) groups excluding carboxylic acids is 1. The van der Waals surface area contributed by atoms with Gasteiger partial charge in [0.2, 0.25) is 5.91 Å². The molecule has 2 aromatic carbocycles. The zero-order chi connectivity index (χ0) is 16.8. The van der Waals surface area contributed by atoms with Crippen LogP contribution in [0.5, 0.6) is 0 Å². The molecule has 0 aliphatic heterocycles. The summed E-state index contributed by atoms with van der Waals surface area (Å²) in [5, 5.41) is 3.08. The molecule has 0 fully saturated rings. The molecule has 1 amide bonds. The number of hydrogen-bond acceptors (Lipinski definition) is 2. The molecule has 0 saturated heterocycles. The van der Waals surface area contributed by atoms with E-state index in [1.807, 2.05) is 19.1 Å². The van der Waals surface area contributed by atoms with E-state index in [0.717, 1.165) is 10.2 Å². The zero-order valence-electron chi connectivity index (χ0n) is 13.7. The minimum Gasteiger partial charge on any atom is -0.349 e. The summed E-state index contributed by atoms with van der Waals surface area (Å²) in [5.74, 6) is 1.41. The van der Waals surface area contributed by atoms with Gasteiger partial charge in [-0.1, -0.05) is 51.8 Å². The Labute approximate surface area is 151 Å². The maximum atomic E-state index is 12.1. The van der Waals surface area contributed by atoms with Gasteiger partial charge in [0.15, 0.2) is 0 Å². The fourth-order valence-electron chi connectivity index (χ4n) is 2.51. The van der Waals surface area contributed by atoms with Crippen molar-refractivity contribution in [2.45, 2.75) is 32.6 Å². The topological polar surface area (TPSA) is 29.1 Å². The van der Waals surface area contributed by atoms with Crippen molar-refractivity contribution >= 4 is 33.6 Å². The number of halogens is 1. The van der Waals surface area contributed by atoms with Crippen LogP contribution in [0.3, 0.4) is 0 Å². The quantitative estimate of drug-likeness (QED) is 0.734. The second-order valence-corrected chi connectivity index (χ2v) is 7.67. The summed E-state index contributed by atoms with van der Waals surface area (Å²) in [5.41, 5.74) is 4.88. The minimum atomic E-state index is 0.0383. The molecule has 122 valence electrons. The summed E-state index contributed by atoms with van der Waals surface area (Å²) < 4.78 is 1.08. The van der Waals surface area contributed by atoms with Crippen LogP contribution >= 0.6 is 27.7 Å². The highest BCUT2D eigenvalue weighted by Gasteiger charge is 2.11. The van der Waals surface area contributed by atoms with Crippen molar-refractivity contribution in [1.29, 1.82) is 0 Å². The molecule has 1 atom stereocenters. The number of benzene rings is 2. The molecule has 0 unspecified atom stereocenters. The summed E-state index contributed by atoms with van der Waals surface area (Å²) in [7, 11) is 0. The highest BCUT2D eigenvalue weighted by Crippen LogP contribution is 2.19. The minimum absolute atomic E-state index is 0.0383. The second-order valence-electron chi connectivity index (χ2n) is 5.77. The standard InChI is InChI=1S/C19H22BrNOS/c1-13-4-9-18(14(2)10-13)15(3)21-19(22)12-23-11-16-5-7-17(20)8-6-16/h4-10,15H,11-12H2,1-3H3,(H,21,22)/t15-/m0/s1. The maximum Gasteiger partial charge on any atom is 0.230 e. The number of carbonyl (C=O) groups is 1. The van der Waals surface area contributed by atoms with E-state index in [2.05, 4.69) is 65.4 Å². The maximum absolute atomic E-state index is 12.1. The van der Waals surface area contributed by atoms with E-state index < -0.39 is 0 Å². The normalized spacial score (nSPS) is 12.0. The molecule has 0 radical (unpaired) electrons. The van der Waals surface area contributed by atoms with Crippen LogP contribution in [0.15, 0.2) is 46.9 Å². The van der Waals surface area contributed by atoms with Gasteiger partial charge in [0.05, 0.1) is 11.8 Å². The molecule has 2 aromatic rings. The van der Waals surface area contributed by atoms with E-state index in [0.29, 0.717) is 5.75 Å². The molecule has 0 spiro atoms. The van der Waals surface area contributed by atoms with E-state index in [4.69, 9.17) is 0 Å². The Kier molecular flexibility index (Phi) is 6.72. The third-order valence-corrected chi connectivity index (χ3v) is 5.22. The molecular weight excluding hydrogens is 370 g/mol. The first kappa shape index (κ1) is 18.1. The van der Waals surface area contributed by atoms with Crippen LogP contribution < -0.4 is 5.32 Å². The summed E-state index contributed by atoms with van der Waals surface area (Å²) in [6.45, 7) is 6.21. The number of hydrogen-bond donors (Lipinski definition) is 1. The highest BCUT2D eigenvalue weighted by molar-refractivity contribution is 9.10. The molecule has 0 aliphatic rings. The fraction of sp³-hybridized carbons (Fsp3) is 0.316. The van der Waals surface area contributed by atoms with E-state index in [9.17, 15) is 4.79 Å². The number of nitrogens with one attached hydrogen (secondary N) is 1. The van der Waals surface area contributed by atoms with Crippen LogP contribution in [0.2, 0.25) is 0 Å². The molecule has 2 rings (SSSR count). The first-order chi connectivity index (χ1) is 11.0. The van der Waals surface area contributed by atoms with E-state index in [1.54, 1.807) is 11.8 Å². The van der Waals surface area contributed by atoms with Crippen molar-refractivity contribution in [3.63, 3.8) is 0 Å². The van der Waals surface area contributed by atoms with Gasteiger partial charge >= 0.3 is 0 Å². The van der Waals surface area contributed by atoms with Gasteiger partial charge in [-0.25, -0.2) is 0 Å². The van der Waals surface area contributed by atoms with Gasteiger partial charge < -0.3 is 5.32 Å². The van der Waals surface area contributed by atoms with Gasteiger partial charge in [-0.15, -0.1) is 11.8 Å². The second kappa shape index (κ2) is 8.55. The van der Waals surface area contributed by atoms with Crippen molar-refractivity contribution < 1.29 is 4.79 Å². The van der Waals surface area contributed by atoms with Gasteiger partial charge in [0.1, 0.15) is 0 Å². The molecule has 1 N–H and O–H groups in total. The third kappa shape index (κ3) is 5.70. The molecule has 0 aliphatic carbocycles. The smallest absolute Gasteiger partial charge is 0.230 e. The molecule has 0 aromatic heterocycles. The average molecular weight is 392 g/mol. The van der Waals surface area contributed by atoms with Crippen LogP contribution in [0, 0.1) is 13.8 Å². The average Bonchev–Trinajstić information content (AvgIpc) is 2.49. The van der Waals surface area contributed by atoms with Gasteiger partial charge in [0, 0.05) is 10.2 Å². The molecule has 23 heavy (non-hydrogen) atoms. The predicted molar refractivity (Wildman–Crippen MR) is 103 cm³/mol. The van der Waals surface area contributed by atoms with Crippen molar-refractivity contribution in [2.75, 3.05) is 5.75 Å². The Bertz CT molecular complexity index is 670. The van der Waals surface area contributed by atoms with E-state index in [-0.39, 0.29) is 11.9 Å². The summed E-state index contributed by atoms with van der Waals surface area (Å²) in [4.78, 5) is 12.1. The van der Waals surface area contributed by atoms with E-state index in [1.165, 1.54) is 22.3 Å². The van der Waals surface area contributed by atoms with Crippen LogP contribution in [0.25, 0.3) is 0 Å². The summed E-state index contributed by atoms with van der Waals surface area (Å²) in [6, 6.07) is 14.6. The number of aryl methyl sites for hydroxylation is 2. The number of rotatable bonds is 6. The van der Waals surface area contributed by atoms with Gasteiger partial charge in [-0.3, -0.25) is 4.79 Å². The van der Waals surface area contributed by atoms with Crippen molar-refractivity contribution in [1.82, 2.24) is 5.32 Å². The monoisotopic (exact) mass is 391 g/mol. The first-order valence-corrected chi connectivity index (χ1v) is 9.59. The molecule has 4 heteroatoms. The largest absolute Gasteiger partial charge is 0.349 e. The predicted octanol–water partition coefficient (Wildman–Crippen LogP) is 5.18. The van der Waals surface area contributed by atoms with Crippen LogP contribution in [0.4, 0.5) is 0 Å². The van der Waals surface area contributed by atoms with Crippen molar-refractivity contribution in [3.8, 4) is 0 Å². The van der Waals surface area contributed by atoms with Crippen LogP contribution in [-0.2, 0) is 10.5 Å². The lowest BCUT2D eigenvalue weighted by atomic mass is 10.0. The molecule has 0 bridgehead atoms. The van der Waals surface area contributed by atoms with Gasteiger partial charge in [-0.2, -0.15) is 0 Å². The number of thioether (sulfide) groups is 1. The third-order valence-electron chi connectivity index (χ3n) is 3.68. The Hall–Kier alpha value is -1.26. The Morgan fingerprint density at radius 3 is 2.52 bits per heavy atom. The fourth-order valence-corrected chi connectivity index (χ4v) is 3.58. The summed E-state index contributed by atoms with van der Waals surface area (Å²) >= 11 is 5.06. The lowest BCUT2D eigenvalue weighted by Gasteiger charge is -2.17. The van der Waals surface area contributed by atoms with Gasteiger partial charge in [-0.05, 0) is 49.6 Å². The van der Waals surface area contributed by atoms with Crippen molar-refractivity contribution in [3.05, 3.63) is 69.2 Å². The number of amides is 1. The summed E-state index contributed by atoms with van der Waals surface area (Å²) in [6.07, 6.45) is 0. The Morgan fingerprint density at radius 1 is 1.17 bits per heavy atom. The van der Waals surface area contributed by atoms with E-state index >= 15 is 0 Å². The SMILES string of the molecule is Cc1ccc([C@H](C)NC(=O)CSCc2ccc(Br)cc2)c(C)c1. The highest BCUT2D eigenvalue weighted by atomic mass is 79.9. The molecular formula is C19H22BrNOS. The Balaban J connectivity index is 1.81. The molecule has 0 saturated carbocycles. The molecule has 2 nitrogen and oxygen atoms in total. The molecule has 0 heterocycles. The van der Waals surface area contributed by atoms with Gasteiger partial charge in [0.25, 0.3) is 0 Å².